The molecule has 1 aliphatic rings. The highest BCUT2D eigenvalue weighted by atomic mass is 19.1. The topological polar surface area (TPSA) is 79.7 Å². The summed E-state index contributed by atoms with van der Waals surface area (Å²) in [6, 6.07) is 9.91. The number of benzene rings is 1. The summed E-state index contributed by atoms with van der Waals surface area (Å²) in [4.78, 5) is 13.3. The normalized spacial score (nSPS) is 22.2. The highest BCUT2D eigenvalue weighted by Gasteiger charge is 2.38. The van der Waals surface area contributed by atoms with Crippen molar-refractivity contribution in [3.05, 3.63) is 48.0 Å². The number of carbonyl (C=O) groups is 1. The molecule has 0 saturated carbocycles. The molecular weight excluding hydrogens is 299 g/mol. The summed E-state index contributed by atoms with van der Waals surface area (Å²) in [7, 11) is 0. The quantitative estimate of drug-likeness (QED) is 0.902. The molecular formula is C17H19FN2O3. The van der Waals surface area contributed by atoms with E-state index in [1.807, 2.05) is 4.90 Å². The third-order valence-electron chi connectivity index (χ3n) is 4.19. The van der Waals surface area contributed by atoms with Gasteiger partial charge in [-0.15, -0.1) is 0 Å². The summed E-state index contributed by atoms with van der Waals surface area (Å²) < 4.78 is 19.5. The average molecular weight is 318 g/mol. The minimum atomic E-state index is -1.49. The van der Waals surface area contributed by atoms with E-state index in [9.17, 15) is 14.3 Å². The summed E-state index contributed by atoms with van der Waals surface area (Å²) in [6.45, 7) is 1.35. The Labute approximate surface area is 133 Å². The molecule has 0 aliphatic carbocycles. The summed E-state index contributed by atoms with van der Waals surface area (Å²) in [5.74, 6) is 0.0698. The molecule has 3 rings (SSSR count). The van der Waals surface area contributed by atoms with Crippen LogP contribution in [0, 0.1) is 5.82 Å². The van der Waals surface area contributed by atoms with Crippen LogP contribution in [0.4, 0.5) is 4.39 Å². The Hall–Kier alpha value is -2.18. The molecule has 5 nitrogen and oxygen atoms in total. The highest BCUT2D eigenvalue weighted by Crippen LogP contribution is 2.27. The summed E-state index contributed by atoms with van der Waals surface area (Å²) in [5, 5.41) is 10.2. The van der Waals surface area contributed by atoms with Crippen LogP contribution >= 0.6 is 0 Å². The summed E-state index contributed by atoms with van der Waals surface area (Å²) >= 11 is 0. The Morgan fingerprint density at radius 1 is 1.35 bits per heavy atom. The van der Waals surface area contributed by atoms with Gasteiger partial charge in [-0.3, -0.25) is 9.69 Å². The number of rotatable bonds is 4. The summed E-state index contributed by atoms with van der Waals surface area (Å²) in [5.41, 5.74) is 4.19. The number of likely N-dealkylation sites (tertiary alicyclic amines) is 1. The fraction of sp³-hybridized carbons (Fsp3) is 0.353. The SMILES string of the molecule is NC(=O)[C@]1(O)CCCN(Cc2ccc(-c3ccccc3F)o2)C1. The number of halogens is 1. The smallest absolute Gasteiger partial charge is 0.250 e. The number of β-amino-alcohol motifs (C(OH)–C–C–N with tert-alkyl or cyclic N) is 1. The molecule has 23 heavy (non-hydrogen) atoms. The second-order valence-corrected chi connectivity index (χ2v) is 5.96. The molecule has 1 saturated heterocycles. The molecule has 3 N–H and O–H groups in total. The first kappa shape index (κ1) is 15.7. The van der Waals surface area contributed by atoms with Gasteiger partial charge in [0.2, 0.25) is 0 Å². The fourth-order valence-electron chi connectivity index (χ4n) is 2.95. The Morgan fingerprint density at radius 2 is 2.13 bits per heavy atom. The Bertz CT molecular complexity index is 715. The van der Waals surface area contributed by atoms with Crippen LogP contribution in [0.2, 0.25) is 0 Å². The molecule has 1 aliphatic heterocycles. The van der Waals surface area contributed by atoms with E-state index in [2.05, 4.69) is 0 Å². The molecule has 0 unspecified atom stereocenters. The van der Waals surface area contributed by atoms with Crippen molar-refractivity contribution in [2.24, 2.45) is 5.73 Å². The predicted molar refractivity (Wildman–Crippen MR) is 82.8 cm³/mol. The lowest BCUT2D eigenvalue weighted by Crippen LogP contribution is -2.55. The van der Waals surface area contributed by atoms with E-state index in [1.54, 1.807) is 30.3 Å². The number of piperidine rings is 1. The zero-order valence-electron chi connectivity index (χ0n) is 12.7. The molecule has 0 bridgehead atoms. The van der Waals surface area contributed by atoms with Gasteiger partial charge in [-0.1, -0.05) is 12.1 Å². The van der Waals surface area contributed by atoms with Crippen molar-refractivity contribution in [2.45, 2.75) is 25.0 Å². The third kappa shape index (κ3) is 3.28. The monoisotopic (exact) mass is 318 g/mol. The minimum Gasteiger partial charge on any atom is -0.460 e. The van der Waals surface area contributed by atoms with E-state index in [-0.39, 0.29) is 12.4 Å². The number of hydrogen-bond donors (Lipinski definition) is 2. The number of amides is 1. The van der Waals surface area contributed by atoms with Gasteiger partial charge in [0.15, 0.2) is 5.60 Å². The predicted octanol–water partition coefficient (Wildman–Crippen LogP) is 1.90. The molecule has 0 radical (unpaired) electrons. The molecule has 1 amide bonds. The maximum atomic E-state index is 13.8. The van der Waals surface area contributed by atoms with Crippen LogP contribution in [0.5, 0.6) is 0 Å². The van der Waals surface area contributed by atoms with Crippen molar-refractivity contribution < 1.29 is 18.7 Å². The van der Waals surface area contributed by atoms with Gasteiger partial charge in [-0.2, -0.15) is 0 Å². The van der Waals surface area contributed by atoms with Gasteiger partial charge in [0, 0.05) is 6.54 Å². The molecule has 2 heterocycles. The van der Waals surface area contributed by atoms with Crippen molar-refractivity contribution in [1.82, 2.24) is 4.90 Å². The number of nitrogens with two attached hydrogens (primary N) is 1. The van der Waals surface area contributed by atoms with Gasteiger partial charge in [-0.25, -0.2) is 4.39 Å². The van der Waals surface area contributed by atoms with Crippen molar-refractivity contribution >= 4 is 5.91 Å². The molecule has 6 heteroatoms. The standard InChI is InChI=1S/C17H19FN2O3/c18-14-5-2-1-4-13(14)15-7-6-12(23-15)10-20-9-3-8-17(22,11-20)16(19)21/h1-2,4-7,22H,3,8-11H2,(H2,19,21)/t17-/m0/s1. The van der Waals surface area contributed by atoms with Gasteiger partial charge in [0.05, 0.1) is 12.1 Å². The van der Waals surface area contributed by atoms with Gasteiger partial charge >= 0.3 is 0 Å². The lowest BCUT2D eigenvalue weighted by Gasteiger charge is -2.36. The van der Waals surface area contributed by atoms with Crippen molar-refractivity contribution in [1.29, 1.82) is 0 Å². The average Bonchev–Trinajstić information content (AvgIpc) is 2.96. The molecule has 1 fully saturated rings. The second kappa shape index (κ2) is 6.14. The molecule has 2 aromatic rings. The van der Waals surface area contributed by atoms with Gasteiger partial charge in [-0.05, 0) is 43.7 Å². The van der Waals surface area contributed by atoms with Crippen LogP contribution in [0.15, 0.2) is 40.8 Å². The number of hydrogen-bond acceptors (Lipinski definition) is 4. The van der Waals surface area contributed by atoms with E-state index >= 15 is 0 Å². The van der Waals surface area contributed by atoms with E-state index in [0.29, 0.717) is 36.5 Å². The van der Waals surface area contributed by atoms with Crippen LogP contribution in [0.1, 0.15) is 18.6 Å². The fourth-order valence-corrected chi connectivity index (χ4v) is 2.95. The number of primary amides is 1. The third-order valence-corrected chi connectivity index (χ3v) is 4.19. The first-order valence-electron chi connectivity index (χ1n) is 7.56. The van der Waals surface area contributed by atoms with Crippen molar-refractivity contribution in [3.8, 4) is 11.3 Å². The van der Waals surface area contributed by atoms with Crippen LogP contribution in [-0.2, 0) is 11.3 Å². The van der Waals surface area contributed by atoms with E-state index < -0.39 is 11.5 Å². The minimum absolute atomic E-state index is 0.179. The number of carbonyl (C=O) groups excluding carboxylic acids is 1. The van der Waals surface area contributed by atoms with Crippen LogP contribution in [-0.4, -0.2) is 34.6 Å². The molecule has 1 aromatic heterocycles. The number of aliphatic hydroxyl groups is 1. The zero-order chi connectivity index (χ0) is 16.4. The van der Waals surface area contributed by atoms with E-state index in [0.717, 1.165) is 6.54 Å². The zero-order valence-corrected chi connectivity index (χ0v) is 12.7. The Morgan fingerprint density at radius 3 is 2.87 bits per heavy atom. The maximum absolute atomic E-state index is 13.8. The highest BCUT2D eigenvalue weighted by molar-refractivity contribution is 5.83. The number of nitrogens with zero attached hydrogens (tertiary/aromatic N) is 1. The second-order valence-electron chi connectivity index (χ2n) is 5.96. The molecule has 122 valence electrons. The van der Waals surface area contributed by atoms with E-state index in [4.69, 9.17) is 10.2 Å². The van der Waals surface area contributed by atoms with Gasteiger partial charge < -0.3 is 15.3 Å². The first-order valence-corrected chi connectivity index (χ1v) is 7.56. The van der Waals surface area contributed by atoms with Gasteiger partial charge in [0.25, 0.3) is 5.91 Å². The first-order chi connectivity index (χ1) is 11.0. The number of furan rings is 1. The maximum Gasteiger partial charge on any atom is 0.250 e. The molecule has 0 spiro atoms. The summed E-state index contributed by atoms with van der Waals surface area (Å²) in [6.07, 6.45) is 1.05. The van der Waals surface area contributed by atoms with Gasteiger partial charge in [0.1, 0.15) is 17.3 Å². The van der Waals surface area contributed by atoms with Crippen LogP contribution in [0.3, 0.4) is 0 Å². The largest absolute Gasteiger partial charge is 0.460 e. The van der Waals surface area contributed by atoms with Crippen LogP contribution < -0.4 is 5.73 Å². The lowest BCUT2D eigenvalue weighted by atomic mass is 9.92. The molecule has 1 aromatic carbocycles. The Kier molecular flexibility index (Phi) is 4.19. The van der Waals surface area contributed by atoms with E-state index in [1.165, 1.54) is 6.07 Å². The van der Waals surface area contributed by atoms with Crippen LogP contribution in [0.25, 0.3) is 11.3 Å². The molecule has 1 atom stereocenters. The lowest BCUT2D eigenvalue weighted by molar-refractivity contribution is -0.142. The van der Waals surface area contributed by atoms with Crippen molar-refractivity contribution in [2.75, 3.05) is 13.1 Å². The van der Waals surface area contributed by atoms with Crippen molar-refractivity contribution in [3.63, 3.8) is 0 Å². The Balaban J connectivity index is 1.72.